The third-order valence-corrected chi connectivity index (χ3v) is 4.07. The van der Waals surface area contributed by atoms with Gasteiger partial charge in [0.05, 0.1) is 13.3 Å². The summed E-state index contributed by atoms with van der Waals surface area (Å²) in [5.41, 5.74) is 0.649. The Bertz CT molecular complexity index is 672. The zero-order valence-corrected chi connectivity index (χ0v) is 13.4. The summed E-state index contributed by atoms with van der Waals surface area (Å²) < 4.78 is 5.03. The summed E-state index contributed by atoms with van der Waals surface area (Å²) >= 11 is 0. The van der Waals surface area contributed by atoms with Crippen LogP contribution in [0.15, 0.2) is 36.9 Å². The molecule has 1 aliphatic heterocycles. The molecule has 0 aromatic carbocycles. The van der Waals surface area contributed by atoms with E-state index in [9.17, 15) is 9.90 Å². The number of ether oxygens (including phenoxy) is 1. The van der Waals surface area contributed by atoms with Crippen molar-refractivity contribution in [1.29, 1.82) is 0 Å². The molecule has 3 heterocycles. The molecule has 3 rings (SSSR count). The predicted molar refractivity (Wildman–Crippen MR) is 87.0 cm³/mol. The van der Waals surface area contributed by atoms with Gasteiger partial charge in [0.2, 0.25) is 5.88 Å². The molecule has 0 radical (unpaired) electrons. The number of anilines is 1. The van der Waals surface area contributed by atoms with E-state index in [4.69, 9.17) is 4.74 Å². The Labute approximate surface area is 139 Å². The molecule has 0 bridgehead atoms. The van der Waals surface area contributed by atoms with E-state index in [1.165, 1.54) is 7.11 Å². The van der Waals surface area contributed by atoms with Crippen molar-refractivity contribution in [3.8, 4) is 5.88 Å². The highest BCUT2D eigenvalue weighted by molar-refractivity contribution is 5.75. The van der Waals surface area contributed by atoms with Crippen LogP contribution in [0.4, 0.5) is 5.82 Å². The van der Waals surface area contributed by atoms with E-state index in [0.29, 0.717) is 37.6 Å². The number of carboxylic acids is 1. The molecule has 126 valence electrons. The molecule has 0 saturated carbocycles. The Hall–Kier alpha value is -2.74. The molecule has 1 N–H and O–H groups in total. The zero-order chi connectivity index (χ0) is 16.9. The summed E-state index contributed by atoms with van der Waals surface area (Å²) in [7, 11) is 1.53. The minimum absolute atomic E-state index is 0.468. The standard InChI is InChI=1S/C16H19N5O3/c1-24-14-3-2-12(10-19-14)15(16(22)23)21-8-6-20(7-9-21)13-11-17-4-5-18-13/h2-5,10-11,15H,6-9H2,1H3,(H,22,23)/t15-/m1/s1. The molecule has 0 aliphatic carbocycles. The quantitative estimate of drug-likeness (QED) is 0.862. The molecule has 2 aromatic heterocycles. The van der Waals surface area contributed by atoms with Gasteiger partial charge >= 0.3 is 5.97 Å². The lowest BCUT2D eigenvalue weighted by atomic mass is 10.1. The van der Waals surface area contributed by atoms with Crippen molar-refractivity contribution in [3.05, 3.63) is 42.5 Å². The van der Waals surface area contributed by atoms with E-state index < -0.39 is 12.0 Å². The molecule has 0 spiro atoms. The van der Waals surface area contributed by atoms with Crippen LogP contribution in [0.1, 0.15) is 11.6 Å². The predicted octanol–water partition coefficient (Wildman–Crippen LogP) is 0.828. The van der Waals surface area contributed by atoms with Crippen molar-refractivity contribution in [3.63, 3.8) is 0 Å². The van der Waals surface area contributed by atoms with E-state index in [-0.39, 0.29) is 0 Å². The number of carbonyl (C=O) groups is 1. The van der Waals surface area contributed by atoms with E-state index in [1.807, 2.05) is 4.90 Å². The van der Waals surface area contributed by atoms with Gasteiger partial charge in [-0.25, -0.2) is 9.97 Å². The fourth-order valence-electron chi connectivity index (χ4n) is 2.85. The van der Waals surface area contributed by atoms with Crippen LogP contribution < -0.4 is 9.64 Å². The van der Waals surface area contributed by atoms with Gasteiger partial charge in [-0.3, -0.25) is 14.7 Å². The lowest BCUT2D eigenvalue weighted by molar-refractivity contribution is -0.143. The zero-order valence-electron chi connectivity index (χ0n) is 13.4. The number of methoxy groups -OCH3 is 1. The van der Waals surface area contributed by atoms with Crippen molar-refractivity contribution in [2.24, 2.45) is 0 Å². The van der Waals surface area contributed by atoms with Gasteiger partial charge in [0.15, 0.2) is 0 Å². The minimum atomic E-state index is -0.880. The highest BCUT2D eigenvalue weighted by Gasteiger charge is 2.30. The van der Waals surface area contributed by atoms with Crippen LogP contribution in [0.5, 0.6) is 5.88 Å². The number of nitrogens with zero attached hydrogens (tertiary/aromatic N) is 5. The summed E-state index contributed by atoms with van der Waals surface area (Å²) in [4.78, 5) is 28.3. The maximum absolute atomic E-state index is 11.8. The fourth-order valence-corrected chi connectivity index (χ4v) is 2.85. The maximum atomic E-state index is 11.8. The first-order chi connectivity index (χ1) is 11.7. The van der Waals surface area contributed by atoms with Crippen molar-refractivity contribution in [2.45, 2.75) is 6.04 Å². The highest BCUT2D eigenvalue weighted by atomic mass is 16.5. The molecule has 2 aromatic rings. The van der Waals surface area contributed by atoms with Crippen LogP contribution in [0.3, 0.4) is 0 Å². The average molecular weight is 329 g/mol. The smallest absolute Gasteiger partial charge is 0.325 e. The second-order valence-corrected chi connectivity index (χ2v) is 5.46. The van der Waals surface area contributed by atoms with Crippen molar-refractivity contribution in [1.82, 2.24) is 19.9 Å². The normalized spacial score (nSPS) is 16.6. The number of carboxylic acid groups (broad SMARTS) is 1. The van der Waals surface area contributed by atoms with Gasteiger partial charge in [-0.15, -0.1) is 0 Å². The van der Waals surface area contributed by atoms with Gasteiger partial charge in [0.1, 0.15) is 11.9 Å². The molecule has 8 nitrogen and oxygen atoms in total. The summed E-state index contributed by atoms with van der Waals surface area (Å²) in [5.74, 6) is 0.403. The van der Waals surface area contributed by atoms with Crippen molar-refractivity contribution in [2.75, 3.05) is 38.2 Å². The maximum Gasteiger partial charge on any atom is 0.325 e. The van der Waals surface area contributed by atoms with Crippen LogP contribution in [-0.2, 0) is 4.79 Å². The average Bonchev–Trinajstić information content (AvgIpc) is 2.63. The number of pyridine rings is 1. The Morgan fingerprint density at radius 2 is 1.96 bits per heavy atom. The van der Waals surface area contributed by atoms with E-state index >= 15 is 0 Å². The van der Waals surface area contributed by atoms with Gasteiger partial charge in [-0.2, -0.15) is 0 Å². The van der Waals surface area contributed by atoms with Crippen molar-refractivity contribution >= 4 is 11.8 Å². The van der Waals surface area contributed by atoms with Crippen molar-refractivity contribution < 1.29 is 14.6 Å². The number of aliphatic carboxylic acids is 1. The van der Waals surface area contributed by atoms with Crippen LogP contribution in [-0.4, -0.2) is 64.2 Å². The van der Waals surface area contributed by atoms with Crippen LogP contribution >= 0.6 is 0 Å². The number of rotatable bonds is 5. The molecule has 8 heteroatoms. The lowest BCUT2D eigenvalue weighted by Crippen LogP contribution is -2.49. The topological polar surface area (TPSA) is 91.7 Å². The third-order valence-electron chi connectivity index (χ3n) is 4.07. The van der Waals surface area contributed by atoms with Crippen LogP contribution in [0.2, 0.25) is 0 Å². The SMILES string of the molecule is COc1ccc([C@H](C(=O)O)N2CCN(c3cnccn3)CC2)cn1. The Kier molecular flexibility index (Phi) is 4.85. The Balaban J connectivity index is 1.71. The summed E-state index contributed by atoms with van der Waals surface area (Å²) in [6, 6.07) is 2.72. The van der Waals surface area contributed by atoms with Crippen LogP contribution in [0, 0.1) is 0 Å². The van der Waals surface area contributed by atoms with E-state index in [2.05, 4.69) is 19.9 Å². The molecule has 1 aliphatic rings. The first-order valence-electron chi connectivity index (χ1n) is 7.67. The largest absolute Gasteiger partial charge is 0.481 e. The first kappa shape index (κ1) is 16.1. The Morgan fingerprint density at radius 3 is 2.50 bits per heavy atom. The Morgan fingerprint density at radius 1 is 1.17 bits per heavy atom. The fraction of sp³-hybridized carbons (Fsp3) is 0.375. The number of piperazine rings is 1. The number of aromatic nitrogens is 3. The van der Waals surface area contributed by atoms with Gasteiger partial charge in [0.25, 0.3) is 0 Å². The first-order valence-corrected chi connectivity index (χ1v) is 7.67. The molecule has 1 fully saturated rings. The van der Waals surface area contributed by atoms with Gasteiger partial charge < -0.3 is 14.7 Å². The van der Waals surface area contributed by atoms with E-state index in [0.717, 1.165) is 5.82 Å². The second kappa shape index (κ2) is 7.22. The molecular formula is C16H19N5O3. The van der Waals surface area contributed by atoms with Crippen LogP contribution in [0.25, 0.3) is 0 Å². The third kappa shape index (κ3) is 3.43. The molecule has 0 amide bonds. The minimum Gasteiger partial charge on any atom is -0.481 e. The molecule has 1 saturated heterocycles. The van der Waals surface area contributed by atoms with Gasteiger partial charge in [-0.05, 0) is 11.6 Å². The summed E-state index contributed by atoms with van der Waals surface area (Å²) in [6.07, 6.45) is 6.58. The second-order valence-electron chi connectivity index (χ2n) is 5.46. The van der Waals surface area contributed by atoms with E-state index in [1.54, 1.807) is 36.9 Å². The molecule has 1 atom stereocenters. The monoisotopic (exact) mass is 329 g/mol. The number of hydrogen-bond acceptors (Lipinski definition) is 7. The lowest BCUT2D eigenvalue weighted by Gasteiger charge is -2.38. The molecule has 0 unspecified atom stereocenters. The van der Waals surface area contributed by atoms with Gasteiger partial charge in [0, 0.05) is 50.8 Å². The summed E-state index contributed by atoms with van der Waals surface area (Å²) in [6.45, 7) is 2.65. The highest BCUT2D eigenvalue weighted by Crippen LogP contribution is 2.24. The molecule has 24 heavy (non-hydrogen) atoms. The van der Waals surface area contributed by atoms with Gasteiger partial charge in [-0.1, -0.05) is 0 Å². The molecular weight excluding hydrogens is 310 g/mol. The summed E-state index contributed by atoms with van der Waals surface area (Å²) in [5, 5.41) is 9.65. The number of hydrogen-bond donors (Lipinski definition) is 1.